The van der Waals surface area contributed by atoms with Gasteiger partial charge >= 0.3 is 5.97 Å². The number of benzene rings is 3. The predicted molar refractivity (Wildman–Crippen MR) is 149 cm³/mol. The van der Waals surface area contributed by atoms with Crippen LogP contribution in [0.5, 0.6) is 0 Å². The molecule has 1 saturated heterocycles. The molecule has 1 unspecified atom stereocenters. The van der Waals surface area contributed by atoms with E-state index in [1.807, 2.05) is 60.7 Å². The van der Waals surface area contributed by atoms with Crippen LogP contribution in [-0.2, 0) is 21.6 Å². The van der Waals surface area contributed by atoms with E-state index in [0.717, 1.165) is 23.2 Å². The van der Waals surface area contributed by atoms with Crippen LogP contribution in [0.3, 0.4) is 0 Å². The molecule has 38 heavy (non-hydrogen) atoms. The topological polar surface area (TPSA) is 46.5 Å². The van der Waals surface area contributed by atoms with Crippen molar-refractivity contribution in [1.29, 1.82) is 0 Å². The van der Waals surface area contributed by atoms with E-state index >= 15 is 0 Å². The Morgan fingerprint density at radius 1 is 0.842 bits per heavy atom. The second-order valence-electron chi connectivity index (χ2n) is 12.2. The monoisotopic (exact) mass is 510 g/mol. The Balaban J connectivity index is 1.16. The molecule has 3 aromatic carbocycles. The summed E-state index contributed by atoms with van der Waals surface area (Å²) in [4.78, 5) is 13.8. The van der Waals surface area contributed by atoms with Crippen molar-refractivity contribution in [3.05, 3.63) is 108 Å². The van der Waals surface area contributed by atoms with Crippen LogP contribution in [0.25, 0.3) is 0 Å². The number of hydrogen-bond donors (Lipinski definition) is 1. The Morgan fingerprint density at radius 3 is 1.97 bits per heavy atom. The average Bonchev–Trinajstić information content (AvgIpc) is 3.54. The van der Waals surface area contributed by atoms with Crippen molar-refractivity contribution in [1.82, 2.24) is 0 Å². The fraction of sp³-hybridized carbons (Fsp3) is 0.441. The molecule has 2 saturated carbocycles. The second-order valence-corrected chi connectivity index (χ2v) is 12.2. The molecule has 2 aliphatic carbocycles. The lowest BCUT2D eigenvalue weighted by Gasteiger charge is -2.47. The molecule has 6 rings (SSSR count). The highest BCUT2D eigenvalue weighted by atomic mass is 16.6. The van der Waals surface area contributed by atoms with Crippen molar-refractivity contribution in [2.45, 2.75) is 56.3 Å². The summed E-state index contributed by atoms with van der Waals surface area (Å²) in [6.45, 7) is 2.40. The standard InChI is InChI=1S/C34H40NO3/c1-35(21-19-26(20-22-35)23-25-11-5-2-6-12-25)32-27-17-18-30(32)31(24-27)38-33(36)34(37,28-13-7-3-8-14-28)29-15-9-4-10-16-29/h2-16,26-27,30-32,37H,17-24H2,1H3/q+1/t26?,27-,30+,31+,32?,35?/m0/s1. The van der Waals surface area contributed by atoms with Crippen LogP contribution in [-0.4, -0.2) is 47.8 Å². The van der Waals surface area contributed by atoms with Gasteiger partial charge in [-0.25, -0.2) is 4.79 Å². The Kier molecular flexibility index (Phi) is 6.88. The quantitative estimate of drug-likeness (QED) is 0.326. The molecule has 1 heterocycles. The summed E-state index contributed by atoms with van der Waals surface area (Å²) in [5, 5.41) is 11.9. The Labute approximate surface area is 226 Å². The van der Waals surface area contributed by atoms with Crippen molar-refractivity contribution < 1.29 is 19.1 Å². The number of likely N-dealkylation sites (tertiary alicyclic amines) is 1. The highest BCUT2D eigenvalue weighted by molar-refractivity contribution is 5.85. The zero-order valence-corrected chi connectivity index (χ0v) is 22.4. The number of fused-ring (bicyclic) bond motifs is 2. The number of quaternary nitrogens is 1. The maximum absolute atomic E-state index is 13.8. The molecular formula is C34H40NO3+. The minimum atomic E-state index is -1.81. The first-order chi connectivity index (χ1) is 18.5. The van der Waals surface area contributed by atoms with Crippen LogP contribution >= 0.6 is 0 Å². The molecule has 2 bridgehead atoms. The van der Waals surface area contributed by atoms with Crippen LogP contribution in [0.15, 0.2) is 91.0 Å². The number of hydrogen-bond acceptors (Lipinski definition) is 3. The number of nitrogens with zero attached hydrogens (tertiary/aromatic N) is 1. The molecule has 3 fully saturated rings. The van der Waals surface area contributed by atoms with Crippen molar-refractivity contribution in [2.75, 3.05) is 20.1 Å². The smallest absolute Gasteiger partial charge is 0.347 e. The molecule has 0 spiro atoms. The van der Waals surface area contributed by atoms with Gasteiger partial charge in [0.15, 0.2) is 0 Å². The fourth-order valence-electron chi connectivity index (χ4n) is 7.99. The molecule has 0 amide bonds. The van der Waals surface area contributed by atoms with Crippen molar-refractivity contribution in [2.24, 2.45) is 17.8 Å². The van der Waals surface area contributed by atoms with E-state index in [9.17, 15) is 9.90 Å². The van der Waals surface area contributed by atoms with Gasteiger partial charge in [0.2, 0.25) is 5.60 Å². The lowest BCUT2D eigenvalue weighted by atomic mass is 9.86. The molecule has 1 N–H and O–H groups in total. The van der Waals surface area contributed by atoms with Crippen LogP contribution in [0.1, 0.15) is 48.8 Å². The van der Waals surface area contributed by atoms with E-state index in [2.05, 4.69) is 37.4 Å². The van der Waals surface area contributed by atoms with Gasteiger partial charge in [-0.3, -0.25) is 0 Å². The average molecular weight is 511 g/mol. The third-order valence-electron chi connectivity index (χ3n) is 9.93. The van der Waals surface area contributed by atoms with Gasteiger partial charge in [-0.05, 0) is 61.1 Å². The molecule has 0 radical (unpaired) electrons. The molecule has 3 aliphatic rings. The summed E-state index contributed by atoms with van der Waals surface area (Å²) in [6, 6.07) is 29.9. The van der Waals surface area contributed by atoms with E-state index in [0.29, 0.717) is 29.0 Å². The lowest BCUT2D eigenvalue weighted by Crippen LogP contribution is -2.58. The number of carbonyl (C=O) groups excluding carboxylic acids is 1. The first-order valence-corrected chi connectivity index (χ1v) is 14.4. The maximum atomic E-state index is 13.8. The Bertz CT molecular complexity index is 1180. The zero-order valence-electron chi connectivity index (χ0n) is 22.4. The first-order valence-electron chi connectivity index (χ1n) is 14.4. The Morgan fingerprint density at radius 2 is 1.39 bits per heavy atom. The highest BCUT2D eigenvalue weighted by Gasteiger charge is 2.59. The van der Waals surface area contributed by atoms with Gasteiger partial charge in [-0.15, -0.1) is 0 Å². The molecule has 198 valence electrons. The van der Waals surface area contributed by atoms with Crippen molar-refractivity contribution in [3.63, 3.8) is 0 Å². The zero-order chi connectivity index (χ0) is 26.2. The number of rotatable bonds is 7. The van der Waals surface area contributed by atoms with Crippen molar-refractivity contribution in [3.8, 4) is 0 Å². The number of aliphatic hydroxyl groups is 1. The minimum absolute atomic E-state index is 0.123. The third-order valence-corrected chi connectivity index (χ3v) is 9.93. The normalized spacial score (nSPS) is 30.7. The molecule has 4 nitrogen and oxygen atoms in total. The van der Waals surface area contributed by atoms with Gasteiger partial charge in [-0.2, -0.15) is 0 Å². The maximum Gasteiger partial charge on any atom is 0.347 e. The minimum Gasteiger partial charge on any atom is -0.459 e. The molecular weight excluding hydrogens is 470 g/mol. The van der Waals surface area contributed by atoms with E-state index < -0.39 is 11.6 Å². The van der Waals surface area contributed by atoms with Gasteiger partial charge in [0, 0.05) is 11.8 Å². The summed E-state index contributed by atoms with van der Waals surface area (Å²) < 4.78 is 7.39. The van der Waals surface area contributed by atoms with E-state index in [4.69, 9.17) is 4.74 Å². The van der Waals surface area contributed by atoms with Crippen LogP contribution in [0.4, 0.5) is 0 Å². The number of esters is 1. The largest absolute Gasteiger partial charge is 0.459 e. The lowest BCUT2D eigenvalue weighted by molar-refractivity contribution is -0.943. The van der Waals surface area contributed by atoms with E-state index in [1.54, 1.807) is 0 Å². The summed E-state index contributed by atoms with van der Waals surface area (Å²) >= 11 is 0. The van der Waals surface area contributed by atoms with Crippen LogP contribution in [0, 0.1) is 17.8 Å². The van der Waals surface area contributed by atoms with Gasteiger partial charge in [0.1, 0.15) is 6.10 Å². The number of piperidine rings is 1. The molecule has 4 atom stereocenters. The van der Waals surface area contributed by atoms with Gasteiger partial charge in [0.05, 0.1) is 26.2 Å². The van der Waals surface area contributed by atoms with Crippen LogP contribution < -0.4 is 0 Å². The molecule has 4 heteroatoms. The summed E-state index contributed by atoms with van der Waals surface area (Å²) in [5.74, 6) is 1.17. The molecule has 3 aromatic rings. The van der Waals surface area contributed by atoms with Crippen LogP contribution in [0.2, 0.25) is 0 Å². The van der Waals surface area contributed by atoms with Gasteiger partial charge < -0.3 is 14.3 Å². The SMILES string of the molecule is C[N+]1(C2[C@H]3CC[C@@H]2[C@H](OC(=O)C(O)(c2ccccc2)c2ccccc2)C3)CCC(Cc2ccccc2)CC1. The summed E-state index contributed by atoms with van der Waals surface area (Å²) in [7, 11) is 2.45. The van der Waals surface area contributed by atoms with Gasteiger partial charge in [-0.1, -0.05) is 91.0 Å². The fourth-order valence-corrected chi connectivity index (χ4v) is 7.99. The van der Waals surface area contributed by atoms with E-state index in [-0.39, 0.29) is 6.10 Å². The highest BCUT2D eigenvalue weighted by Crippen LogP contribution is 2.52. The van der Waals surface area contributed by atoms with Gasteiger partial charge in [0.25, 0.3) is 0 Å². The Hall–Kier alpha value is -2.95. The second kappa shape index (κ2) is 10.3. The first kappa shape index (κ1) is 25.3. The third kappa shape index (κ3) is 4.58. The van der Waals surface area contributed by atoms with E-state index in [1.165, 1.54) is 44.3 Å². The number of ether oxygens (including phenoxy) is 1. The predicted octanol–water partition coefficient (Wildman–Crippen LogP) is 5.73. The summed E-state index contributed by atoms with van der Waals surface area (Å²) in [6.07, 6.45) is 6.83. The molecule has 1 aliphatic heterocycles. The molecule has 0 aromatic heterocycles. The number of carbonyl (C=O) groups is 1. The van der Waals surface area contributed by atoms with Crippen molar-refractivity contribution >= 4 is 5.97 Å². The summed E-state index contributed by atoms with van der Waals surface area (Å²) in [5.41, 5.74) is 0.741.